The van der Waals surface area contributed by atoms with Crippen LogP contribution in [0.1, 0.15) is 93.5 Å². The molecular formula is C30H40BNO4. The molecule has 2 saturated heterocycles. The average Bonchev–Trinajstić information content (AvgIpc) is 3.35. The maximum Gasteiger partial charge on any atom is 0.495 e. The van der Waals surface area contributed by atoms with Gasteiger partial charge in [0.25, 0.3) is 0 Å². The van der Waals surface area contributed by atoms with Crippen LogP contribution in [-0.2, 0) is 28.6 Å². The molecule has 2 heterocycles. The predicted molar refractivity (Wildman–Crippen MR) is 144 cm³/mol. The third-order valence-corrected chi connectivity index (χ3v) is 9.18. The van der Waals surface area contributed by atoms with Crippen molar-refractivity contribution in [1.29, 1.82) is 0 Å². The summed E-state index contributed by atoms with van der Waals surface area (Å²) in [4.78, 5) is 12.8. The second kappa shape index (κ2) is 9.53. The third-order valence-electron chi connectivity index (χ3n) is 9.18. The van der Waals surface area contributed by atoms with E-state index >= 15 is 0 Å². The first-order valence-electron chi connectivity index (χ1n) is 13.7. The van der Waals surface area contributed by atoms with Crippen molar-refractivity contribution in [3.05, 3.63) is 64.2 Å². The Balaban J connectivity index is 1.36. The summed E-state index contributed by atoms with van der Waals surface area (Å²) in [5.41, 5.74) is 7.59. The Hall–Kier alpha value is -2.31. The van der Waals surface area contributed by atoms with Gasteiger partial charge in [0, 0.05) is 13.1 Å². The Morgan fingerprint density at radius 2 is 1.75 bits per heavy atom. The Bertz CT molecular complexity index is 1120. The van der Waals surface area contributed by atoms with Gasteiger partial charge in [-0.2, -0.15) is 0 Å². The van der Waals surface area contributed by atoms with E-state index in [1.54, 1.807) is 4.90 Å². The summed E-state index contributed by atoms with van der Waals surface area (Å²) in [6, 6.07) is 13.7. The van der Waals surface area contributed by atoms with Crippen LogP contribution in [0.25, 0.3) is 0 Å². The zero-order valence-electron chi connectivity index (χ0n) is 22.5. The normalized spacial score (nSPS) is 23.2. The van der Waals surface area contributed by atoms with E-state index in [1.807, 2.05) is 0 Å². The molecule has 1 aliphatic carbocycles. The maximum atomic E-state index is 11.3. The first-order valence-corrected chi connectivity index (χ1v) is 13.7. The predicted octanol–water partition coefficient (Wildman–Crippen LogP) is 5.68. The molecule has 2 aromatic rings. The topological polar surface area (TPSA) is 59.0 Å². The first-order chi connectivity index (χ1) is 17.1. The summed E-state index contributed by atoms with van der Waals surface area (Å²) in [6.45, 7) is 12.0. The van der Waals surface area contributed by atoms with Crippen molar-refractivity contribution in [3.63, 3.8) is 0 Å². The molecule has 1 N–H and O–H groups in total. The summed E-state index contributed by atoms with van der Waals surface area (Å²) in [7, 11) is -0.323. The smallest absolute Gasteiger partial charge is 0.465 e. The number of likely N-dealkylation sites (tertiary alicyclic amines) is 1. The summed E-state index contributed by atoms with van der Waals surface area (Å²) in [5.74, 6) is 0.913. The van der Waals surface area contributed by atoms with E-state index in [0.29, 0.717) is 24.9 Å². The van der Waals surface area contributed by atoms with Gasteiger partial charge in [-0.3, -0.25) is 0 Å². The van der Waals surface area contributed by atoms with Gasteiger partial charge in [-0.25, -0.2) is 4.79 Å². The minimum Gasteiger partial charge on any atom is -0.465 e. The van der Waals surface area contributed by atoms with Crippen LogP contribution in [0.4, 0.5) is 4.79 Å². The minimum absolute atomic E-state index is 0.323. The molecule has 36 heavy (non-hydrogen) atoms. The number of rotatable bonds is 5. The molecule has 5 nitrogen and oxygen atoms in total. The van der Waals surface area contributed by atoms with Gasteiger partial charge in [0.2, 0.25) is 0 Å². The average molecular weight is 489 g/mol. The van der Waals surface area contributed by atoms with Crippen molar-refractivity contribution >= 4 is 18.7 Å². The number of amides is 1. The van der Waals surface area contributed by atoms with Gasteiger partial charge in [0.05, 0.1) is 11.2 Å². The van der Waals surface area contributed by atoms with Gasteiger partial charge in [0.15, 0.2) is 0 Å². The largest absolute Gasteiger partial charge is 0.495 e. The zero-order valence-corrected chi connectivity index (χ0v) is 22.5. The van der Waals surface area contributed by atoms with Crippen molar-refractivity contribution < 1.29 is 19.2 Å². The first kappa shape index (κ1) is 25.3. The molecule has 2 aliphatic heterocycles. The van der Waals surface area contributed by atoms with E-state index in [0.717, 1.165) is 38.5 Å². The summed E-state index contributed by atoms with van der Waals surface area (Å²) < 4.78 is 12.9. The van der Waals surface area contributed by atoms with Gasteiger partial charge in [-0.15, -0.1) is 0 Å². The standard InChI is InChI=1S/C30H40BNO4/c1-6-21-18-20(10-13-25(21)22-14-16-32(17-15-22)28(33)34)19-24-12-11-23-8-7-9-26(27(23)24)31-35-29(2,3)30(4,5)36-31/h7-10,13,18,22,24H,6,11-12,14-17,19H2,1-5H3,(H,33,34). The summed E-state index contributed by atoms with van der Waals surface area (Å²) >= 11 is 0. The molecule has 2 fully saturated rings. The quantitative estimate of drug-likeness (QED) is 0.550. The zero-order chi connectivity index (χ0) is 25.7. The molecule has 0 bridgehead atoms. The van der Waals surface area contributed by atoms with Gasteiger partial charge in [-0.05, 0) is 111 Å². The minimum atomic E-state index is -0.795. The highest BCUT2D eigenvalue weighted by Gasteiger charge is 2.52. The number of aryl methyl sites for hydroxylation is 2. The van der Waals surface area contributed by atoms with E-state index < -0.39 is 6.09 Å². The monoisotopic (exact) mass is 489 g/mol. The van der Waals surface area contributed by atoms with Crippen molar-refractivity contribution in [2.45, 2.75) is 96.2 Å². The van der Waals surface area contributed by atoms with Crippen LogP contribution in [0.2, 0.25) is 0 Å². The number of carboxylic acid groups (broad SMARTS) is 1. The van der Waals surface area contributed by atoms with Crippen molar-refractivity contribution in [1.82, 2.24) is 4.90 Å². The molecule has 2 aromatic carbocycles. The van der Waals surface area contributed by atoms with Gasteiger partial charge in [-0.1, -0.05) is 43.3 Å². The highest BCUT2D eigenvalue weighted by atomic mass is 16.7. The van der Waals surface area contributed by atoms with Gasteiger partial charge < -0.3 is 19.3 Å². The van der Waals surface area contributed by atoms with E-state index in [1.165, 1.54) is 33.3 Å². The summed E-state index contributed by atoms with van der Waals surface area (Å²) in [5, 5.41) is 9.29. The Morgan fingerprint density at radius 1 is 1.06 bits per heavy atom. The van der Waals surface area contributed by atoms with Crippen LogP contribution in [0.15, 0.2) is 36.4 Å². The third kappa shape index (κ3) is 4.59. The molecule has 192 valence electrons. The summed E-state index contributed by atoms with van der Waals surface area (Å²) in [6.07, 6.45) is 5.31. The van der Waals surface area contributed by atoms with Crippen molar-refractivity contribution in [2.75, 3.05) is 13.1 Å². The van der Waals surface area contributed by atoms with Crippen LogP contribution in [0, 0.1) is 0 Å². The number of benzene rings is 2. The second-order valence-corrected chi connectivity index (χ2v) is 11.9. The SMILES string of the molecule is CCc1cc(CC2CCc3cccc(B4OC(C)(C)C(C)(C)O4)c32)ccc1C1CCN(C(=O)O)CC1. The van der Waals surface area contributed by atoms with Crippen LogP contribution in [0.3, 0.4) is 0 Å². The van der Waals surface area contributed by atoms with Gasteiger partial charge in [0.1, 0.15) is 0 Å². The second-order valence-electron chi connectivity index (χ2n) is 11.9. The maximum absolute atomic E-state index is 11.3. The number of hydrogen-bond acceptors (Lipinski definition) is 3. The molecule has 3 aliphatic rings. The fraction of sp³-hybridized carbons (Fsp3) is 0.567. The molecule has 0 spiro atoms. The lowest BCUT2D eigenvalue weighted by atomic mass is 9.72. The lowest BCUT2D eigenvalue weighted by Crippen LogP contribution is -2.41. The molecule has 1 unspecified atom stereocenters. The van der Waals surface area contributed by atoms with Crippen LogP contribution < -0.4 is 5.46 Å². The molecule has 0 saturated carbocycles. The van der Waals surface area contributed by atoms with Gasteiger partial charge >= 0.3 is 13.2 Å². The molecule has 6 heteroatoms. The van der Waals surface area contributed by atoms with Crippen LogP contribution in [-0.4, -0.2) is 47.5 Å². The lowest BCUT2D eigenvalue weighted by molar-refractivity contribution is 0.00578. The van der Waals surface area contributed by atoms with E-state index in [9.17, 15) is 9.90 Å². The van der Waals surface area contributed by atoms with E-state index in [4.69, 9.17) is 9.31 Å². The number of fused-ring (bicyclic) bond motifs is 1. The Kier molecular flexibility index (Phi) is 6.71. The number of piperidine rings is 1. The van der Waals surface area contributed by atoms with Crippen LogP contribution in [0.5, 0.6) is 0 Å². The molecular weight excluding hydrogens is 449 g/mol. The molecule has 0 radical (unpaired) electrons. The highest BCUT2D eigenvalue weighted by Crippen LogP contribution is 2.40. The lowest BCUT2D eigenvalue weighted by Gasteiger charge is -2.32. The van der Waals surface area contributed by atoms with Crippen molar-refractivity contribution in [2.24, 2.45) is 0 Å². The fourth-order valence-corrected chi connectivity index (χ4v) is 6.36. The Labute approximate surface area is 216 Å². The Morgan fingerprint density at radius 3 is 2.39 bits per heavy atom. The number of hydrogen-bond donors (Lipinski definition) is 1. The fourth-order valence-electron chi connectivity index (χ4n) is 6.36. The molecule has 1 amide bonds. The van der Waals surface area contributed by atoms with E-state index in [-0.39, 0.29) is 18.3 Å². The number of nitrogens with zero attached hydrogens (tertiary/aromatic N) is 1. The molecule has 5 rings (SSSR count). The van der Waals surface area contributed by atoms with Crippen LogP contribution >= 0.6 is 0 Å². The highest BCUT2D eigenvalue weighted by molar-refractivity contribution is 6.62. The van der Waals surface area contributed by atoms with E-state index in [2.05, 4.69) is 71.0 Å². The van der Waals surface area contributed by atoms with Crippen molar-refractivity contribution in [3.8, 4) is 0 Å². The molecule has 1 atom stereocenters. The molecule has 0 aromatic heterocycles. The number of carbonyl (C=O) groups is 1.